The fraction of sp³-hybridized carbons (Fsp3) is 0.529. The number of rotatable bonds is 3. The van der Waals surface area contributed by atoms with Gasteiger partial charge in [0, 0.05) is 31.9 Å². The van der Waals surface area contributed by atoms with Gasteiger partial charge >= 0.3 is 0 Å². The van der Waals surface area contributed by atoms with Gasteiger partial charge in [-0.25, -0.2) is 0 Å². The molecule has 23 heavy (non-hydrogen) atoms. The predicted molar refractivity (Wildman–Crippen MR) is 87.0 cm³/mol. The molecule has 0 spiro atoms. The van der Waals surface area contributed by atoms with Crippen LogP contribution in [0.4, 0.5) is 0 Å². The monoisotopic (exact) mass is 313 g/mol. The van der Waals surface area contributed by atoms with E-state index in [0.717, 1.165) is 19.5 Å². The first-order valence-corrected chi connectivity index (χ1v) is 8.41. The predicted octanol–water partition coefficient (Wildman–Crippen LogP) is 1.54. The zero-order chi connectivity index (χ0) is 15.8. The second-order valence-electron chi connectivity index (χ2n) is 6.54. The quantitative estimate of drug-likeness (QED) is 0.935. The zero-order valence-electron chi connectivity index (χ0n) is 13.6. The van der Waals surface area contributed by atoms with Crippen molar-refractivity contribution >= 4 is 5.91 Å². The van der Waals surface area contributed by atoms with E-state index in [-0.39, 0.29) is 5.91 Å². The molecule has 6 nitrogen and oxygen atoms in total. The third-order valence-electron chi connectivity index (χ3n) is 5.02. The van der Waals surface area contributed by atoms with E-state index in [0.29, 0.717) is 12.2 Å². The van der Waals surface area contributed by atoms with Gasteiger partial charge in [-0.1, -0.05) is 0 Å². The molecule has 6 heteroatoms. The van der Waals surface area contributed by atoms with E-state index in [1.54, 1.807) is 6.20 Å². The van der Waals surface area contributed by atoms with E-state index in [1.165, 1.54) is 42.9 Å². The highest BCUT2D eigenvalue weighted by molar-refractivity contribution is 5.92. The molecule has 0 aromatic carbocycles. The number of aryl methyl sites for hydroxylation is 1. The molecule has 0 radical (unpaired) electrons. The number of fused-ring (bicyclic) bond motifs is 1. The van der Waals surface area contributed by atoms with Crippen molar-refractivity contribution in [2.45, 2.75) is 32.4 Å². The Morgan fingerprint density at radius 3 is 2.87 bits per heavy atom. The van der Waals surface area contributed by atoms with E-state index < -0.39 is 0 Å². The summed E-state index contributed by atoms with van der Waals surface area (Å²) in [5.74, 6) is 0.0722. The van der Waals surface area contributed by atoms with Crippen LogP contribution < -0.4 is 0 Å². The number of aromatic amines is 1. The molecule has 0 atom stereocenters. The Morgan fingerprint density at radius 2 is 2.13 bits per heavy atom. The Kier molecular flexibility index (Phi) is 3.69. The number of likely N-dealkylation sites (tertiary alicyclic amines) is 1. The fourth-order valence-corrected chi connectivity index (χ4v) is 3.74. The highest BCUT2D eigenvalue weighted by atomic mass is 16.2. The summed E-state index contributed by atoms with van der Waals surface area (Å²) >= 11 is 0. The van der Waals surface area contributed by atoms with Crippen LogP contribution in [0.2, 0.25) is 0 Å². The second kappa shape index (κ2) is 5.85. The Hall–Kier alpha value is -2.08. The summed E-state index contributed by atoms with van der Waals surface area (Å²) in [7, 11) is 1.99. The van der Waals surface area contributed by atoms with Crippen molar-refractivity contribution in [3.05, 3.63) is 41.0 Å². The van der Waals surface area contributed by atoms with E-state index in [2.05, 4.69) is 9.88 Å². The molecule has 4 rings (SSSR count). The van der Waals surface area contributed by atoms with Gasteiger partial charge in [-0.05, 0) is 44.5 Å². The topological polar surface area (TPSA) is 57.2 Å². The Bertz CT molecular complexity index is 697. The van der Waals surface area contributed by atoms with Crippen molar-refractivity contribution in [3.63, 3.8) is 0 Å². The SMILES string of the molecule is Cn1nc(CN2CCCC2)c2c1CN(C(=O)c1ccc[nH]1)CC2. The molecule has 0 unspecified atom stereocenters. The van der Waals surface area contributed by atoms with E-state index >= 15 is 0 Å². The maximum atomic E-state index is 12.5. The Balaban J connectivity index is 1.53. The first kappa shape index (κ1) is 14.5. The molecule has 2 aliphatic rings. The van der Waals surface area contributed by atoms with Gasteiger partial charge in [0.05, 0.1) is 17.9 Å². The Morgan fingerprint density at radius 1 is 1.30 bits per heavy atom. The number of aromatic nitrogens is 3. The van der Waals surface area contributed by atoms with Gasteiger partial charge in [0.1, 0.15) is 5.69 Å². The van der Waals surface area contributed by atoms with Gasteiger partial charge in [0.15, 0.2) is 0 Å². The minimum absolute atomic E-state index is 0.0722. The van der Waals surface area contributed by atoms with Crippen LogP contribution in [0.5, 0.6) is 0 Å². The molecule has 4 heterocycles. The number of hydrogen-bond acceptors (Lipinski definition) is 3. The molecular formula is C17H23N5O. The number of hydrogen-bond donors (Lipinski definition) is 1. The summed E-state index contributed by atoms with van der Waals surface area (Å²) in [6, 6.07) is 3.70. The number of carbonyl (C=O) groups is 1. The Labute approximate surface area is 136 Å². The summed E-state index contributed by atoms with van der Waals surface area (Å²) in [4.78, 5) is 19.9. The highest BCUT2D eigenvalue weighted by Gasteiger charge is 2.28. The number of carbonyl (C=O) groups excluding carboxylic acids is 1. The van der Waals surface area contributed by atoms with Crippen LogP contribution in [0.25, 0.3) is 0 Å². The first-order chi connectivity index (χ1) is 11.2. The fourth-order valence-electron chi connectivity index (χ4n) is 3.74. The van der Waals surface area contributed by atoms with Gasteiger partial charge in [0.25, 0.3) is 5.91 Å². The lowest BCUT2D eigenvalue weighted by atomic mass is 10.0. The second-order valence-corrected chi connectivity index (χ2v) is 6.54. The molecular weight excluding hydrogens is 290 g/mol. The largest absolute Gasteiger partial charge is 0.357 e. The van der Waals surface area contributed by atoms with Gasteiger partial charge in [0.2, 0.25) is 0 Å². The summed E-state index contributed by atoms with van der Waals surface area (Å²) in [6.07, 6.45) is 5.29. The first-order valence-electron chi connectivity index (χ1n) is 8.41. The maximum Gasteiger partial charge on any atom is 0.270 e. The average molecular weight is 313 g/mol. The lowest BCUT2D eigenvalue weighted by molar-refractivity contribution is 0.0725. The summed E-state index contributed by atoms with van der Waals surface area (Å²) < 4.78 is 1.97. The van der Waals surface area contributed by atoms with Crippen molar-refractivity contribution in [2.75, 3.05) is 19.6 Å². The van der Waals surface area contributed by atoms with Crippen molar-refractivity contribution in [3.8, 4) is 0 Å². The van der Waals surface area contributed by atoms with E-state index in [9.17, 15) is 4.79 Å². The molecule has 0 bridgehead atoms. The van der Waals surface area contributed by atoms with Gasteiger partial charge in [-0.3, -0.25) is 14.4 Å². The minimum Gasteiger partial charge on any atom is -0.357 e. The summed E-state index contributed by atoms with van der Waals surface area (Å²) in [5.41, 5.74) is 4.41. The van der Waals surface area contributed by atoms with Crippen LogP contribution in [0.3, 0.4) is 0 Å². The van der Waals surface area contributed by atoms with Crippen LogP contribution in [-0.2, 0) is 26.6 Å². The van der Waals surface area contributed by atoms with Crippen molar-refractivity contribution in [2.24, 2.45) is 7.05 Å². The van der Waals surface area contributed by atoms with Gasteiger partial charge in [-0.15, -0.1) is 0 Å². The van der Waals surface area contributed by atoms with Crippen LogP contribution >= 0.6 is 0 Å². The highest BCUT2D eigenvalue weighted by Crippen LogP contribution is 2.25. The van der Waals surface area contributed by atoms with Crippen LogP contribution in [0, 0.1) is 0 Å². The van der Waals surface area contributed by atoms with Gasteiger partial charge < -0.3 is 9.88 Å². The standard InChI is InChI=1S/C17H23N5O/c1-20-16-12-22(17(23)14-5-4-7-18-14)10-6-13(16)15(19-20)11-21-8-2-3-9-21/h4-5,7,18H,2-3,6,8-12H2,1H3. The van der Waals surface area contributed by atoms with E-state index in [4.69, 9.17) is 5.10 Å². The van der Waals surface area contributed by atoms with Crippen LogP contribution in [0.15, 0.2) is 18.3 Å². The van der Waals surface area contributed by atoms with Crippen molar-refractivity contribution in [1.82, 2.24) is 24.6 Å². The van der Waals surface area contributed by atoms with Gasteiger partial charge in [-0.2, -0.15) is 5.10 Å². The molecule has 2 aromatic rings. The molecule has 122 valence electrons. The smallest absolute Gasteiger partial charge is 0.270 e. The third-order valence-corrected chi connectivity index (χ3v) is 5.02. The van der Waals surface area contributed by atoms with Crippen LogP contribution in [0.1, 0.15) is 40.3 Å². The molecule has 1 N–H and O–H groups in total. The van der Waals surface area contributed by atoms with Crippen LogP contribution in [-0.4, -0.2) is 50.1 Å². The molecule has 0 saturated carbocycles. The normalized spacial score (nSPS) is 18.4. The van der Waals surface area contributed by atoms with E-state index in [1.807, 2.05) is 28.8 Å². The maximum absolute atomic E-state index is 12.5. The van der Waals surface area contributed by atoms with Crippen molar-refractivity contribution < 1.29 is 4.79 Å². The average Bonchev–Trinajstić information content (AvgIpc) is 3.30. The molecule has 2 aliphatic heterocycles. The lowest BCUT2D eigenvalue weighted by Crippen LogP contribution is -2.37. The third kappa shape index (κ3) is 2.67. The number of H-pyrrole nitrogens is 1. The molecule has 1 saturated heterocycles. The minimum atomic E-state index is 0.0722. The molecule has 1 amide bonds. The number of nitrogens with zero attached hydrogens (tertiary/aromatic N) is 4. The molecule has 1 fully saturated rings. The summed E-state index contributed by atoms with van der Waals surface area (Å²) in [6.45, 7) is 4.74. The summed E-state index contributed by atoms with van der Waals surface area (Å²) in [5, 5.41) is 4.74. The number of amides is 1. The van der Waals surface area contributed by atoms with Crippen molar-refractivity contribution in [1.29, 1.82) is 0 Å². The number of nitrogens with one attached hydrogen (secondary N) is 1. The zero-order valence-corrected chi connectivity index (χ0v) is 13.6. The lowest BCUT2D eigenvalue weighted by Gasteiger charge is -2.27. The molecule has 2 aromatic heterocycles. The molecule has 0 aliphatic carbocycles.